The van der Waals surface area contributed by atoms with Gasteiger partial charge in [0.05, 0.1) is 24.4 Å². The summed E-state index contributed by atoms with van der Waals surface area (Å²) in [7, 11) is 1.69. The van der Waals surface area contributed by atoms with Gasteiger partial charge in [0, 0.05) is 18.2 Å². The van der Waals surface area contributed by atoms with E-state index in [4.69, 9.17) is 16.3 Å². The van der Waals surface area contributed by atoms with Crippen molar-refractivity contribution in [3.63, 3.8) is 0 Å². The van der Waals surface area contributed by atoms with E-state index in [1.54, 1.807) is 7.11 Å². The number of rotatable bonds is 4. The van der Waals surface area contributed by atoms with Gasteiger partial charge in [-0.3, -0.25) is 0 Å². The fourth-order valence-electron chi connectivity index (χ4n) is 2.41. The number of ether oxygens (including phenoxy) is 1. The summed E-state index contributed by atoms with van der Waals surface area (Å²) >= 11 is 6.10. The van der Waals surface area contributed by atoms with Gasteiger partial charge in [0.25, 0.3) is 0 Å². The number of halogens is 1. The van der Waals surface area contributed by atoms with Crippen LogP contribution in [-0.2, 0) is 12.3 Å². The molecular weight excluding hydrogens is 272 g/mol. The Balaban J connectivity index is 2.06. The zero-order valence-electron chi connectivity index (χ0n) is 11.2. The molecule has 0 saturated heterocycles. The molecule has 0 fully saturated rings. The Bertz CT molecular complexity index is 736. The van der Waals surface area contributed by atoms with E-state index in [2.05, 4.69) is 11.1 Å². The van der Waals surface area contributed by atoms with Gasteiger partial charge in [-0.15, -0.1) is 11.6 Å². The third kappa shape index (κ3) is 2.25. The van der Waals surface area contributed by atoms with E-state index in [1.165, 1.54) is 0 Å². The van der Waals surface area contributed by atoms with Crippen LogP contribution in [0.3, 0.4) is 0 Å². The van der Waals surface area contributed by atoms with Crippen LogP contribution in [0.1, 0.15) is 17.0 Å². The summed E-state index contributed by atoms with van der Waals surface area (Å²) in [6.07, 6.45) is 2.71. The minimum atomic E-state index is 0.440. The van der Waals surface area contributed by atoms with Crippen molar-refractivity contribution in [3.05, 3.63) is 65.6 Å². The van der Waals surface area contributed by atoms with E-state index in [0.29, 0.717) is 12.3 Å². The number of pyridine rings is 1. The van der Waals surface area contributed by atoms with Crippen molar-refractivity contribution in [2.24, 2.45) is 0 Å². The van der Waals surface area contributed by atoms with Gasteiger partial charge in [-0.05, 0) is 18.2 Å². The lowest BCUT2D eigenvalue weighted by atomic mass is 10.1. The van der Waals surface area contributed by atoms with Gasteiger partial charge >= 0.3 is 0 Å². The molecule has 0 saturated carbocycles. The number of nitrogens with zero attached hydrogens (tertiary/aromatic N) is 2. The molecule has 0 spiro atoms. The number of alkyl halides is 1. The highest BCUT2D eigenvalue weighted by molar-refractivity contribution is 6.17. The molecule has 0 bridgehead atoms. The predicted octanol–water partition coefficient (Wildman–Crippen LogP) is 3.67. The molecule has 0 aliphatic carbocycles. The molecule has 2 aromatic heterocycles. The highest BCUT2D eigenvalue weighted by Crippen LogP contribution is 2.23. The second-order valence-electron chi connectivity index (χ2n) is 4.56. The van der Waals surface area contributed by atoms with E-state index >= 15 is 0 Å². The fraction of sp³-hybridized carbons (Fsp3) is 0.188. The van der Waals surface area contributed by atoms with E-state index in [1.807, 2.05) is 47.0 Å². The molecule has 3 nitrogen and oxygen atoms in total. The molecule has 0 unspecified atom stereocenters. The van der Waals surface area contributed by atoms with Crippen molar-refractivity contribution in [1.82, 2.24) is 9.38 Å². The summed E-state index contributed by atoms with van der Waals surface area (Å²) in [4.78, 5) is 4.68. The number of hydrogen-bond acceptors (Lipinski definition) is 2. The highest BCUT2D eigenvalue weighted by atomic mass is 35.5. The number of benzene rings is 1. The van der Waals surface area contributed by atoms with Crippen LogP contribution < -0.4 is 4.74 Å². The zero-order valence-corrected chi connectivity index (χ0v) is 12.0. The fourth-order valence-corrected chi connectivity index (χ4v) is 2.69. The molecule has 20 heavy (non-hydrogen) atoms. The quantitative estimate of drug-likeness (QED) is 0.684. The molecule has 0 aliphatic rings. The monoisotopic (exact) mass is 286 g/mol. The Morgan fingerprint density at radius 2 is 1.95 bits per heavy atom. The molecule has 4 heteroatoms. The minimum Gasteiger partial charge on any atom is -0.496 e. The van der Waals surface area contributed by atoms with Crippen LogP contribution in [0.5, 0.6) is 5.75 Å². The molecule has 3 rings (SSSR count). The summed E-state index contributed by atoms with van der Waals surface area (Å²) in [5.74, 6) is 1.32. The first-order valence-corrected chi connectivity index (χ1v) is 6.99. The molecular formula is C16H15ClN2O. The predicted molar refractivity (Wildman–Crippen MR) is 80.5 cm³/mol. The third-order valence-corrected chi connectivity index (χ3v) is 3.64. The van der Waals surface area contributed by atoms with Crippen molar-refractivity contribution in [2.75, 3.05) is 7.11 Å². The van der Waals surface area contributed by atoms with Gasteiger partial charge in [-0.2, -0.15) is 0 Å². The smallest absolute Gasteiger partial charge is 0.137 e. The van der Waals surface area contributed by atoms with Crippen molar-refractivity contribution >= 4 is 17.2 Å². The molecule has 0 atom stereocenters. The number of hydrogen-bond donors (Lipinski definition) is 0. The standard InChI is InChI=1S/C16H15ClN2O/c1-20-15-7-3-2-6-12(15)10-13-14(11-17)19-9-5-4-8-16(19)18-13/h2-9H,10-11H2,1H3. The van der Waals surface area contributed by atoms with Gasteiger partial charge in [-0.1, -0.05) is 24.3 Å². The number of aromatic nitrogens is 2. The molecule has 0 N–H and O–H groups in total. The van der Waals surface area contributed by atoms with Gasteiger partial charge in [0.1, 0.15) is 11.4 Å². The first-order valence-electron chi connectivity index (χ1n) is 6.46. The van der Waals surface area contributed by atoms with Crippen LogP contribution in [-0.4, -0.2) is 16.5 Å². The minimum absolute atomic E-state index is 0.440. The SMILES string of the molecule is COc1ccccc1Cc1nc2ccccn2c1CCl. The summed E-state index contributed by atoms with van der Waals surface area (Å²) in [6, 6.07) is 13.9. The lowest BCUT2D eigenvalue weighted by molar-refractivity contribution is 0.410. The summed E-state index contributed by atoms with van der Waals surface area (Å²) in [5, 5.41) is 0. The number of fused-ring (bicyclic) bond motifs is 1. The van der Waals surface area contributed by atoms with Crippen molar-refractivity contribution in [2.45, 2.75) is 12.3 Å². The average molecular weight is 287 g/mol. The van der Waals surface area contributed by atoms with Crippen LogP contribution in [0.15, 0.2) is 48.7 Å². The van der Waals surface area contributed by atoms with Crippen LogP contribution in [0.25, 0.3) is 5.65 Å². The summed E-state index contributed by atoms with van der Waals surface area (Å²) < 4.78 is 7.44. The van der Waals surface area contributed by atoms with Crippen LogP contribution in [0.4, 0.5) is 0 Å². The van der Waals surface area contributed by atoms with Crippen molar-refractivity contribution in [1.29, 1.82) is 0 Å². The normalized spacial score (nSPS) is 10.9. The van der Waals surface area contributed by atoms with Crippen LogP contribution in [0, 0.1) is 0 Å². The maximum atomic E-state index is 6.10. The second-order valence-corrected chi connectivity index (χ2v) is 4.82. The number of imidazole rings is 1. The average Bonchev–Trinajstić information content (AvgIpc) is 2.85. The Morgan fingerprint density at radius 1 is 1.15 bits per heavy atom. The Labute approximate surface area is 122 Å². The largest absolute Gasteiger partial charge is 0.496 e. The Kier molecular flexibility index (Phi) is 3.61. The highest BCUT2D eigenvalue weighted by Gasteiger charge is 2.13. The molecule has 102 valence electrons. The zero-order chi connectivity index (χ0) is 13.9. The van der Waals surface area contributed by atoms with Crippen LogP contribution >= 0.6 is 11.6 Å². The maximum Gasteiger partial charge on any atom is 0.137 e. The Hall–Kier alpha value is -2.00. The maximum absolute atomic E-state index is 6.10. The van der Waals surface area contributed by atoms with Gasteiger partial charge in [0.15, 0.2) is 0 Å². The summed E-state index contributed by atoms with van der Waals surface area (Å²) in [5.41, 5.74) is 4.07. The molecule has 2 heterocycles. The number of para-hydroxylation sites is 1. The molecule has 1 aromatic carbocycles. The third-order valence-electron chi connectivity index (χ3n) is 3.39. The van der Waals surface area contributed by atoms with Crippen LogP contribution in [0.2, 0.25) is 0 Å². The second kappa shape index (κ2) is 5.55. The first kappa shape index (κ1) is 13.0. The molecule has 0 amide bonds. The van der Waals surface area contributed by atoms with E-state index in [-0.39, 0.29) is 0 Å². The first-order chi connectivity index (χ1) is 9.83. The lowest BCUT2D eigenvalue weighted by Crippen LogP contribution is -1.97. The van der Waals surface area contributed by atoms with E-state index in [9.17, 15) is 0 Å². The lowest BCUT2D eigenvalue weighted by Gasteiger charge is -2.07. The molecule has 0 radical (unpaired) electrons. The number of methoxy groups -OCH3 is 1. The van der Waals surface area contributed by atoms with Crippen molar-refractivity contribution in [3.8, 4) is 5.75 Å². The summed E-state index contributed by atoms with van der Waals surface area (Å²) in [6.45, 7) is 0. The van der Waals surface area contributed by atoms with Gasteiger partial charge in [-0.25, -0.2) is 4.98 Å². The van der Waals surface area contributed by atoms with E-state index < -0.39 is 0 Å². The molecule has 3 aromatic rings. The topological polar surface area (TPSA) is 26.5 Å². The van der Waals surface area contributed by atoms with E-state index in [0.717, 1.165) is 28.3 Å². The Morgan fingerprint density at radius 3 is 2.75 bits per heavy atom. The van der Waals surface area contributed by atoms with Gasteiger partial charge < -0.3 is 9.14 Å². The molecule has 0 aliphatic heterocycles. The van der Waals surface area contributed by atoms with Gasteiger partial charge in [0.2, 0.25) is 0 Å². The van der Waals surface area contributed by atoms with Crippen molar-refractivity contribution < 1.29 is 4.74 Å².